The Morgan fingerprint density at radius 1 is 1.24 bits per heavy atom. The molecular weight excluding hydrogens is 276 g/mol. The summed E-state index contributed by atoms with van der Waals surface area (Å²) in [5.74, 6) is 0.964. The molecule has 0 saturated heterocycles. The van der Waals surface area contributed by atoms with Crippen LogP contribution in [0.5, 0.6) is 0 Å². The second-order valence-corrected chi connectivity index (χ2v) is 7.75. The average molecular weight is 300 g/mol. The van der Waals surface area contributed by atoms with Crippen LogP contribution in [0.1, 0.15) is 55.9 Å². The van der Waals surface area contributed by atoms with Crippen molar-refractivity contribution in [2.45, 2.75) is 64.3 Å². The van der Waals surface area contributed by atoms with Gasteiger partial charge in [-0.2, -0.15) is 0 Å². The maximum Gasteiger partial charge on any atom is 0.125 e. The molecule has 1 fully saturated rings. The van der Waals surface area contributed by atoms with Crippen LogP contribution in [0.4, 0.5) is 5.69 Å². The molecular formula is C18H24N2S. The van der Waals surface area contributed by atoms with Gasteiger partial charge in [-0.3, -0.25) is 0 Å². The van der Waals surface area contributed by atoms with Gasteiger partial charge in [0.25, 0.3) is 0 Å². The van der Waals surface area contributed by atoms with Crippen molar-refractivity contribution < 1.29 is 0 Å². The number of rotatable bonds is 3. The smallest absolute Gasteiger partial charge is 0.125 e. The fraction of sp³-hybridized carbons (Fsp3) is 0.611. The molecule has 1 N–H and O–H groups in total. The Morgan fingerprint density at radius 3 is 2.90 bits per heavy atom. The highest BCUT2D eigenvalue weighted by atomic mass is 32.1. The van der Waals surface area contributed by atoms with Crippen molar-refractivity contribution in [1.29, 1.82) is 0 Å². The summed E-state index contributed by atoms with van der Waals surface area (Å²) in [5.41, 5.74) is 2.94. The van der Waals surface area contributed by atoms with E-state index in [2.05, 4.69) is 23.3 Å². The topological polar surface area (TPSA) is 24.9 Å². The lowest BCUT2D eigenvalue weighted by atomic mass is 9.84. The van der Waals surface area contributed by atoms with Gasteiger partial charge in [-0.1, -0.05) is 13.3 Å². The van der Waals surface area contributed by atoms with Crippen molar-refractivity contribution in [1.82, 2.24) is 4.98 Å². The second kappa shape index (κ2) is 5.60. The van der Waals surface area contributed by atoms with Gasteiger partial charge in [0.15, 0.2) is 0 Å². The Labute approximate surface area is 131 Å². The normalized spacial score (nSPS) is 25.2. The molecule has 0 unspecified atom stereocenters. The molecule has 2 aliphatic rings. The first-order valence-corrected chi connectivity index (χ1v) is 9.32. The maximum atomic E-state index is 4.60. The first-order chi connectivity index (χ1) is 10.3. The molecule has 112 valence electrons. The lowest BCUT2D eigenvalue weighted by molar-refractivity contribution is 0.330. The number of nitrogens with zero attached hydrogens (tertiary/aromatic N) is 1. The molecule has 4 rings (SSSR count). The third-order valence-electron chi connectivity index (χ3n) is 5.39. The van der Waals surface area contributed by atoms with Crippen LogP contribution in [-0.2, 0) is 12.8 Å². The summed E-state index contributed by atoms with van der Waals surface area (Å²) in [6.07, 6.45) is 12.6. The number of anilines is 1. The molecule has 2 heterocycles. The first kappa shape index (κ1) is 13.6. The molecule has 3 heteroatoms. The van der Waals surface area contributed by atoms with Crippen molar-refractivity contribution in [3.63, 3.8) is 0 Å². The number of aryl methyl sites for hydroxylation is 2. The molecule has 2 aromatic rings. The van der Waals surface area contributed by atoms with E-state index in [1.807, 2.05) is 17.5 Å². The van der Waals surface area contributed by atoms with Crippen molar-refractivity contribution in [3.8, 4) is 0 Å². The zero-order valence-corrected chi connectivity index (χ0v) is 13.6. The minimum absolute atomic E-state index is 0.662. The van der Waals surface area contributed by atoms with Gasteiger partial charge >= 0.3 is 0 Å². The number of nitrogens with one attached hydrogen (secondary N) is 1. The summed E-state index contributed by atoms with van der Waals surface area (Å²) in [7, 11) is 0. The minimum atomic E-state index is 0.662. The van der Waals surface area contributed by atoms with Gasteiger partial charge in [0.1, 0.15) is 4.83 Å². The summed E-state index contributed by atoms with van der Waals surface area (Å²) in [5, 5.41) is 5.29. The van der Waals surface area contributed by atoms with Crippen LogP contribution in [0.15, 0.2) is 12.3 Å². The summed E-state index contributed by atoms with van der Waals surface area (Å²) < 4.78 is 0. The van der Waals surface area contributed by atoms with Crippen molar-refractivity contribution in [3.05, 3.63) is 22.7 Å². The van der Waals surface area contributed by atoms with E-state index in [0.717, 1.165) is 5.92 Å². The zero-order chi connectivity index (χ0) is 14.2. The molecule has 0 radical (unpaired) electrons. The largest absolute Gasteiger partial charge is 0.382 e. The Hall–Kier alpha value is -1.09. The van der Waals surface area contributed by atoms with Gasteiger partial charge in [-0.15, -0.1) is 11.3 Å². The maximum absolute atomic E-state index is 4.60. The summed E-state index contributed by atoms with van der Waals surface area (Å²) in [4.78, 5) is 7.43. The van der Waals surface area contributed by atoms with E-state index < -0.39 is 0 Å². The Balaban J connectivity index is 1.59. The van der Waals surface area contributed by atoms with Gasteiger partial charge in [-0.25, -0.2) is 4.98 Å². The molecule has 0 aromatic carbocycles. The summed E-state index contributed by atoms with van der Waals surface area (Å²) in [6.45, 7) is 2.33. The van der Waals surface area contributed by atoms with E-state index in [0.29, 0.717) is 6.04 Å². The monoisotopic (exact) mass is 300 g/mol. The summed E-state index contributed by atoms with van der Waals surface area (Å²) in [6, 6.07) is 2.86. The van der Waals surface area contributed by atoms with Crippen LogP contribution in [-0.4, -0.2) is 11.0 Å². The van der Waals surface area contributed by atoms with E-state index >= 15 is 0 Å². The van der Waals surface area contributed by atoms with Crippen LogP contribution in [0.3, 0.4) is 0 Å². The molecule has 0 aliphatic heterocycles. The zero-order valence-electron chi connectivity index (χ0n) is 12.8. The quantitative estimate of drug-likeness (QED) is 0.846. The molecule has 21 heavy (non-hydrogen) atoms. The number of thiophene rings is 1. The number of hydrogen-bond donors (Lipinski definition) is 1. The van der Waals surface area contributed by atoms with E-state index in [9.17, 15) is 0 Å². The molecule has 1 saturated carbocycles. The van der Waals surface area contributed by atoms with Crippen molar-refractivity contribution in [2.75, 3.05) is 5.32 Å². The lowest BCUT2D eigenvalue weighted by Gasteiger charge is -2.29. The predicted molar refractivity (Wildman–Crippen MR) is 91.3 cm³/mol. The van der Waals surface area contributed by atoms with E-state index in [4.69, 9.17) is 0 Å². The molecule has 0 amide bonds. The third kappa shape index (κ3) is 2.46. The molecule has 2 nitrogen and oxygen atoms in total. The number of aromatic nitrogens is 1. The Morgan fingerprint density at radius 2 is 2.10 bits per heavy atom. The lowest BCUT2D eigenvalue weighted by Crippen LogP contribution is -2.26. The Bertz CT molecular complexity index is 638. The van der Waals surface area contributed by atoms with Gasteiger partial charge < -0.3 is 5.32 Å². The van der Waals surface area contributed by atoms with Gasteiger partial charge in [0.2, 0.25) is 0 Å². The van der Waals surface area contributed by atoms with E-state index in [-0.39, 0.29) is 0 Å². The standard InChI is InChI=1S/C18H24N2S/c1-2-12-6-8-13(9-7-12)20-15-10-11-19-18-17(15)14-4-3-5-16(14)21-18/h10-13H,2-9H2,1H3,(H,19,20). The molecule has 2 aromatic heterocycles. The van der Waals surface area contributed by atoms with Crippen LogP contribution in [0.25, 0.3) is 10.2 Å². The predicted octanol–water partition coefficient (Wildman–Crippen LogP) is 5.17. The minimum Gasteiger partial charge on any atom is -0.382 e. The van der Waals surface area contributed by atoms with Gasteiger partial charge in [-0.05, 0) is 62.5 Å². The van der Waals surface area contributed by atoms with Crippen molar-refractivity contribution in [2.24, 2.45) is 5.92 Å². The van der Waals surface area contributed by atoms with Crippen LogP contribution in [0, 0.1) is 5.92 Å². The highest BCUT2D eigenvalue weighted by Crippen LogP contribution is 2.40. The number of pyridine rings is 1. The SMILES string of the molecule is CCC1CCC(Nc2ccnc3sc4c(c23)CCC4)CC1. The number of hydrogen-bond acceptors (Lipinski definition) is 3. The molecule has 2 aliphatic carbocycles. The second-order valence-electron chi connectivity index (χ2n) is 6.67. The highest BCUT2D eigenvalue weighted by molar-refractivity contribution is 7.19. The van der Waals surface area contributed by atoms with Crippen LogP contribution >= 0.6 is 11.3 Å². The van der Waals surface area contributed by atoms with Crippen molar-refractivity contribution >= 4 is 27.2 Å². The fourth-order valence-corrected chi connectivity index (χ4v) is 5.33. The van der Waals surface area contributed by atoms with Gasteiger partial charge in [0.05, 0.1) is 0 Å². The molecule has 0 bridgehead atoms. The average Bonchev–Trinajstić information content (AvgIpc) is 3.09. The van der Waals surface area contributed by atoms with Crippen LogP contribution in [0.2, 0.25) is 0 Å². The first-order valence-electron chi connectivity index (χ1n) is 8.51. The highest BCUT2D eigenvalue weighted by Gasteiger charge is 2.23. The summed E-state index contributed by atoms with van der Waals surface area (Å²) >= 11 is 1.92. The molecule has 0 spiro atoms. The van der Waals surface area contributed by atoms with Crippen LogP contribution < -0.4 is 5.32 Å². The molecule has 0 atom stereocenters. The number of fused-ring (bicyclic) bond motifs is 3. The third-order valence-corrected chi connectivity index (χ3v) is 6.59. The Kier molecular flexibility index (Phi) is 3.62. The van der Waals surface area contributed by atoms with E-state index in [1.165, 1.54) is 67.3 Å². The van der Waals surface area contributed by atoms with E-state index in [1.54, 1.807) is 10.4 Å². The van der Waals surface area contributed by atoms with Gasteiger partial charge in [0, 0.05) is 28.2 Å². The fourth-order valence-electron chi connectivity index (χ4n) is 4.08.